The van der Waals surface area contributed by atoms with E-state index in [4.69, 9.17) is 4.74 Å². The second-order valence-corrected chi connectivity index (χ2v) is 9.65. The van der Waals surface area contributed by atoms with Gasteiger partial charge >= 0.3 is 12.3 Å². The van der Waals surface area contributed by atoms with E-state index in [1.165, 1.54) is 12.1 Å². The molecule has 35 heavy (non-hydrogen) atoms. The minimum Gasteiger partial charge on any atom is -0.435 e. The first kappa shape index (κ1) is 25.1. The molecule has 3 N–H and O–H groups in total. The predicted octanol–water partition coefficient (Wildman–Crippen LogP) is 4.91. The number of hydrogen-bond acceptors (Lipinski definition) is 5. The Morgan fingerprint density at radius 1 is 1.31 bits per heavy atom. The van der Waals surface area contributed by atoms with Gasteiger partial charge in [0.2, 0.25) is 0 Å². The lowest BCUT2D eigenvalue weighted by molar-refractivity contribution is -0.141. The van der Waals surface area contributed by atoms with Crippen molar-refractivity contribution in [2.24, 2.45) is 11.0 Å². The van der Waals surface area contributed by atoms with Gasteiger partial charge in [-0.3, -0.25) is 9.89 Å². The van der Waals surface area contributed by atoms with E-state index in [2.05, 4.69) is 36.9 Å². The second kappa shape index (κ2) is 9.59. The molecule has 1 aromatic carbocycles. The van der Waals surface area contributed by atoms with Gasteiger partial charge in [-0.25, -0.2) is 14.6 Å². The highest BCUT2D eigenvalue weighted by Gasteiger charge is 2.47. The maximum atomic E-state index is 13.6. The Hall–Kier alpha value is -2.96. The second-order valence-electron chi connectivity index (χ2n) is 8.80. The first-order valence-corrected chi connectivity index (χ1v) is 11.7. The molecule has 0 saturated heterocycles. The van der Waals surface area contributed by atoms with Crippen molar-refractivity contribution < 1.29 is 31.9 Å². The van der Waals surface area contributed by atoms with Gasteiger partial charge in [-0.15, -0.1) is 0 Å². The van der Waals surface area contributed by atoms with E-state index in [1.807, 2.05) is 5.10 Å². The van der Waals surface area contributed by atoms with E-state index in [0.29, 0.717) is 53.9 Å². The average molecular weight is 560 g/mol. The number of rotatable bonds is 5. The van der Waals surface area contributed by atoms with Crippen molar-refractivity contribution in [1.82, 2.24) is 20.9 Å². The van der Waals surface area contributed by atoms with Crippen LogP contribution in [0.25, 0.3) is 0 Å². The summed E-state index contributed by atoms with van der Waals surface area (Å²) in [6.45, 7) is 1.77. The van der Waals surface area contributed by atoms with Gasteiger partial charge in [0.1, 0.15) is 17.2 Å². The summed E-state index contributed by atoms with van der Waals surface area (Å²) in [5.74, 6) is -0.938. The van der Waals surface area contributed by atoms with Gasteiger partial charge in [0.25, 0.3) is 5.91 Å². The molecule has 13 heteroatoms. The maximum absolute atomic E-state index is 13.6. The molecule has 1 aliphatic carbocycles. The summed E-state index contributed by atoms with van der Waals surface area (Å²) < 4.78 is 57.9. The molecule has 1 atom stereocenters. The highest BCUT2D eigenvalue weighted by Crippen LogP contribution is 2.41. The van der Waals surface area contributed by atoms with Crippen LogP contribution in [-0.4, -0.2) is 39.6 Å². The zero-order valence-corrected chi connectivity index (χ0v) is 20.1. The van der Waals surface area contributed by atoms with Crippen molar-refractivity contribution in [3.63, 3.8) is 0 Å². The number of hydrogen-bond donors (Lipinski definition) is 3. The zero-order chi connectivity index (χ0) is 25.4. The van der Waals surface area contributed by atoms with Crippen LogP contribution < -0.4 is 10.7 Å². The Morgan fingerprint density at radius 3 is 2.66 bits per heavy atom. The van der Waals surface area contributed by atoms with E-state index in [0.717, 1.165) is 0 Å². The molecule has 8 nitrogen and oxygen atoms in total. The fourth-order valence-electron chi connectivity index (χ4n) is 4.60. The Morgan fingerprint density at radius 2 is 2.03 bits per heavy atom. The number of nitrogens with one attached hydrogen (secondary N) is 3. The highest BCUT2D eigenvalue weighted by molar-refractivity contribution is 9.10. The van der Waals surface area contributed by atoms with Crippen LogP contribution in [0, 0.1) is 11.7 Å². The molecular formula is C22H22BrF4N5O3. The molecule has 1 aliphatic heterocycles. The van der Waals surface area contributed by atoms with Crippen LogP contribution in [0.2, 0.25) is 0 Å². The topological polar surface area (TPSA) is 108 Å². The largest absolute Gasteiger partial charge is 0.435 e. The molecule has 1 aromatic heterocycles. The minimum atomic E-state index is -4.61. The predicted molar refractivity (Wildman–Crippen MR) is 120 cm³/mol. The van der Waals surface area contributed by atoms with Crippen LogP contribution in [-0.2, 0) is 10.9 Å². The molecule has 1 spiro atoms. The summed E-state index contributed by atoms with van der Waals surface area (Å²) in [6, 6.07) is 4.55. The Labute approximate surface area is 206 Å². The lowest BCUT2D eigenvalue weighted by Crippen LogP contribution is -2.52. The lowest BCUT2D eigenvalue weighted by atomic mass is 9.73. The van der Waals surface area contributed by atoms with Crippen LogP contribution in [0.5, 0.6) is 0 Å². The molecule has 2 aromatic rings. The first-order valence-electron chi connectivity index (χ1n) is 10.9. The highest BCUT2D eigenvalue weighted by atomic mass is 79.9. The monoisotopic (exact) mass is 559 g/mol. The maximum Gasteiger partial charge on any atom is 0.432 e. The smallest absolute Gasteiger partial charge is 0.432 e. The number of halogens is 5. The Bertz CT molecular complexity index is 1160. The van der Waals surface area contributed by atoms with Crippen molar-refractivity contribution in [2.75, 3.05) is 0 Å². The van der Waals surface area contributed by atoms with Crippen molar-refractivity contribution in [2.45, 2.75) is 56.8 Å². The number of hydrazone groups is 1. The van der Waals surface area contributed by atoms with Crippen molar-refractivity contribution >= 4 is 33.6 Å². The quantitative estimate of drug-likeness (QED) is 0.452. The molecule has 2 heterocycles. The third-order valence-electron chi connectivity index (χ3n) is 6.26. The molecule has 0 radical (unpaired) electrons. The molecule has 188 valence electrons. The minimum absolute atomic E-state index is 0.173. The fourth-order valence-corrected chi connectivity index (χ4v) is 5.14. The third-order valence-corrected chi connectivity index (χ3v) is 6.91. The van der Waals surface area contributed by atoms with Gasteiger partial charge in [0, 0.05) is 22.1 Å². The molecule has 0 unspecified atom stereocenters. The molecular weight excluding hydrogens is 538 g/mol. The van der Waals surface area contributed by atoms with E-state index < -0.39 is 35.3 Å². The lowest BCUT2D eigenvalue weighted by Gasteiger charge is -2.42. The van der Waals surface area contributed by atoms with Crippen molar-refractivity contribution in [1.29, 1.82) is 0 Å². The number of carbonyl (C=O) groups excluding carboxylic acids is 2. The summed E-state index contributed by atoms with van der Waals surface area (Å²) in [5.41, 5.74) is 1.05. The van der Waals surface area contributed by atoms with Crippen LogP contribution in [0.15, 0.2) is 33.8 Å². The standard InChI is InChI=1S/C22H22BrF4N5O3/c1-11(28-19(33)16-10-17(30-29-16)22(25,26)27)8-12-4-6-21(7-5-12)18(31-32-20(34)35-21)14-3-2-13(24)9-15(14)23/h2-3,9-12H,4-8H2,1H3,(H,28,33)(H,29,30)(H,32,34)/t11-,12?,21?/m0/s1. The Balaban J connectivity index is 1.38. The molecule has 2 aliphatic rings. The van der Waals surface area contributed by atoms with Gasteiger partial charge < -0.3 is 10.1 Å². The number of amides is 2. The van der Waals surface area contributed by atoms with Crippen molar-refractivity contribution in [3.8, 4) is 0 Å². The van der Waals surface area contributed by atoms with Crippen LogP contribution in [0.3, 0.4) is 0 Å². The normalized spacial score (nSPS) is 23.3. The van der Waals surface area contributed by atoms with E-state index in [1.54, 1.807) is 13.0 Å². The summed E-state index contributed by atoms with van der Waals surface area (Å²) in [6.07, 6.45) is -2.43. The van der Waals surface area contributed by atoms with Gasteiger partial charge in [0.15, 0.2) is 11.3 Å². The summed E-state index contributed by atoms with van der Waals surface area (Å²) >= 11 is 3.35. The molecule has 1 saturated carbocycles. The number of ether oxygens (including phenoxy) is 1. The van der Waals surface area contributed by atoms with Crippen LogP contribution in [0.1, 0.15) is 60.8 Å². The van der Waals surface area contributed by atoms with E-state index >= 15 is 0 Å². The SMILES string of the molecule is C[C@@H](CC1CCC2(CC1)OC(=O)NN=C2c1ccc(F)cc1Br)NC(=O)c1cc(C(F)(F)F)[nH]n1. The molecule has 2 amide bonds. The number of aromatic amines is 1. The Kier molecular flexibility index (Phi) is 6.89. The van der Waals surface area contributed by atoms with Crippen molar-refractivity contribution in [3.05, 3.63) is 51.5 Å². The van der Waals surface area contributed by atoms with Gasteiger partial charge in [-0.1, -0.05) is 15.9 Å². The zero-order valence-electron chi connectivity index (χ0n) is 18.5. The average Bonchev–Trinajstić information content (AvgIpc) is 3.28. The van der Waals surface area contributed by atoms with Crippen LogP contribution in [0.4, 0.5) is 22.4 Å². The summed E-state index contributed by atoms with van der Waals surface area (Å²) in [5, 5.41) is 12.2. The number of aromatic nitrogens is 2. The molecule has 4 rings (SSSR count). The van der Waals surface area contributed by atoms with Gasteiger partial charge in [-0.05, 0) is 63.1 Å². The number of benzene rings is 1. The number of nitrogens with zero attached hydrogens (tertiary/aromatic N) is 2. The fraction of sp³-hybridized carbons (Fsp3) is 0.455. The summed E-state index contributed by atoms with van der Waals surface area (Å²) in [4.78, 5) is 24.3. The van der Waals surface area contributed by atoms with E-state index in [-0.39, 0.29) is 17.7 Å². The summed E-state index contributed by atoms with van der Waals surface area (Å²) in [7, 11) is 0. The number of carbonyl (C=O) groups is 2. The van der Waals surface area contributed by atoms with Crippen LogP contribution >= 0.6 is 15.9 Å². The first-order chi connectivity index (χ1) is 16.5. The van der Waals surface area contributed by atoms with Gasteiger partial charge in [-0.2, -0.15) is 23.4 Å². The van der Waals surface area contributed by atoms with E-state index in [9.17, 15) is 27.2 Å². The number of alkyl halides is 3. The van der Waals surface area contributed by atoms with Gasteiger partial charge in [0.05, 0.1) is 0 Å². The molecule has 1 fully saturated rings. The third kappa shape index (κ3) is 5.49. The number of H-pyrrole nitrogens is 1. The molecule has 0 bridgehead atoms.